The van der Waals surface area contributed by atoms with Gasteiger partial charge in [0.1, 0.15) is 24.4 Å². The van der Waals surface area contributed by atoms with Crippen molar-refractivity contribution in [2.45, 2.75) is 50.3 Å². The molecule has 0 amide bonds. The molecule has 6 nitrogen and oxygen atoms in total. The van der Waals surface area contributed by atoms with Gasteiger partial charge in [-0.15, -0.1) is 0 Å². The first-order valence-corrected chi connectivity index (χ1v) is 4.93. The molecular weight excluding hydrogens is 204 g/mol. The Hall–Kier alpha value is -0.240. The summed E-state index contributed by atoms with van der Waals surface area (Å²) in [5.74, 6) is -0.798. The number of hydrogen-bond acceptors (Lipinski definition) is 6. The molecule has 3 N–H and O–H groups in total. The first-order valence-electron chi connectivity index (χ1n) is 4.93. The minimum absolute atomic E-state index is 0.440. The second kappa shape index (κ2) is 3.65. The van der Waals surface area contributed by atoms with Gasteiger partial charge in [0.25, 0.3) is 0 Å². The van der Waals surface area contributed by atoms with Gasteiger partial charge in [-0.2, -0.15) is 0 Å². The molecule has 15 heavy (non-hydrogen) atoms. The van der Waals surface area contributed by atoms with Crippen molar-refractivity contribution < 1.29 is 29.5 Å². The molecule has 0 aromatic heterocycles. The van der Waals surface area contributed by atoms with Crippen LogP contribution in [0.4, 0.5) is 0 Å². The molecule has 2 aliphatic rings. The van der Waals surface area contributed by atoms with Crippen molar-refractivity contribution >= 4 is 0 Å². The summed E-state index contributed by atoms with van der Waals surface area (Å²) < 4.78 is 16.0. The van der Waals surface area contributed by atoms with E-state index < -0.39 is 43.1 Å². The van der Waals surface area contributed by atoms with E-state index in [1.54, 1.807) is 13.8 Å². The lowest BCUT2D eigenvalue weighted by molar-refractivity contribution is -0.231. The van der Waals surface area contributed by atoms with Gasteiger partial charge >= 0.3 is 0 Å². The van der Waals surface area contributed by atoms with Crippen molar-refractivity contribution in [3.63, 3.8) is 0 Å². The molecule has 2 fully saturated rings. The molecule has 0 aromatic rings. The quantitative estimate of drug-likeness (QED) is 0.529. The van der Waals surface area contributed by atoms with Crippen molar-refractivity contribution in [2.75, 3.05) is 6.61 Å². The summed E-state index contributed by atoms with van der Waals surface area (Å²) in [5, 5.41) is 27.8. The van der Waals surface area contributed by atoms with E-state index in [-0.39, 0.29) is 0 Å². The van der Waals surface area contributed by atoms with Crippen LogP contribution in [0.5, 0.6) is 0 Å². The highest BCUT2D eigenvalue weighted by Gasteiger charge is 2.56. The summed E-state index contributed by atoms with van der Waals surface area (Å²) in [7, 11) is 0. The zero-order valence-corrected chi connectivity index (χ0v) is 8.66. The molecule has 0 saturated carbocycles. The summed E-state index contributed by atoms with van der Waals surface area (Å²) in [6.07, 6.45) is -4.10. The summed E-state index contributed by atoms with van der Waals surface area (Å²) in [6, 6.07) is 0. The molecule has 0 radical (unpaired) electrons. The maximum absolute atomic E-state index is 9.53. The molecular formula is C9H16O6. The lowest BCUT2D eigenvalue weighted by atomic mass is 10.1. The summed E-state index contributed by atoms with van der Waals surface area (Å²) in [6.45, 7) is 3.01. The topological polar surface area (TPSA) is 88.4 Å². The van der Waals surface area contributed by atoms with Gasteiger partial charge < -0.3 is 29.5 Å². The molecule has 5 atom stereocenters. The highest BCUT2D eigenvalue weighted by atomic mass is 16.8. The molecule has 6 heteroatoms. The smallest absolute Gasteiger partial charge is 0.184 e. The third-order valence-electron chi connectivity index (χ3n) is 2.63. The molecule has 2 saturated heterocycles. The Labute approximate surface area is 87.4 Å². The Morgan fingerprint density at radius 1 is 1.27 bits per heavy atom. The van der Waals surface area contributed by atoms with Gasteiger partial charge in [0, 0.05) is 0 Å². The summed E-state index contributed by atoms with van der Waals surface area (Å²) in [5.41, 5.74) is 0. The number of aliphatic hydroxyl groups excluding tert-OH is 3. The number of hydrogen-bond donors (Lipinski definition) is 3. The zero-order chi connectivity index (χ0) is 11.2. The second-order valence-corrected chi connectivity index (χ2v) is 4.31. The molecule has 2 rings (SSSR count). The predicted octanol–water partition coefficient (Wildman–Crippen LogP) is -1.42. The first-order chi connectivity index (χ1) is 6.94. The Bertz CT molecular complexity index is 243. The fourth-order valence-corrected chi connectivity index (χ4v) is 2.02. The van der Waals surface area contributed by atoms with Crippen molar-refractivity contribution in [2.24, 2.45) is 0 Å². The lowest BCUT2D eigenvalue weighted by Crippen LogP contribution is -2.40. The van der Waals surface area contributed by atoms with E-state index in [1.165, 1.54) is 0 Å². The Morgan fingerprint density at radius 3 is 2.47 bits per heavy atom. The minimum Gasteiger partial charge on any atom is -0.394 e. The number of fused-ring (bicyclic) bond motifs is 1. The fourth-order valence-electron chi connectivity index (χ4n) is 2.02. The minimum atomic E-state index is -1.12. The van der Waals surface area contributed by atoms with E-state index in [0.29, 0.717) is 0 Å². The van der Waals surface area contributed by atoms with Crippen LogP contribution in [0.15, 0.2) is 0 Å². The Balaban J connectivity index is 2.12. The van der Waals surface area contributed by atoms with Gasteiger partial charge in [0.05, 0.1) is 6.61 Å². The van der Waals surface area contributed by atoms with Gasteiger partial charge in [0.2, 0.25) is 0 Å². The van der Waals surface area contributed by atoms with E-state index in [9.17, 15) is 10.2 Å². The third kappa shape index (κ3) is 1.89. The van der Waals surface area contributed by atoms with E-state index in [2.05, 4.69) is 0 Å². The van der Waals surface area contributed by atoms with Crippen LogP contribution in [0.2, 0.25) is 0 Å². The van der Waals surface area contributed by atoms with E-state index >= 15 is 0 Å². The first kappa shape index (κ1) is 11.3. The number of rotatable bonds is 2. The van der Waals surface area contributed by atoms with Crippen LogP contribution in [0.1, 0.15) is 13.8 Å². The van der Waals surface area contributed by atoms with Gasteiger partial charge in [-0.3, -0.25) is 0 Å². The van der Waals surface area contributed by atoms with Crippen LogP contribution in [0, 0.1) is 0 Å². The van der Waals surface area contributed by atoms with Gasteiger partial charge in [0.15, 0.2) is 12.1 Å². The molecule has 5 unspecified atom stereocenters. The average molecular weight is 220 g/mol. The van der Waals surface area contributed by atoms with E-state index in [0.717, 1.165) is 0 Å². The fraction of sp³-hybridized carbons (Fsp3) is 1.00. The molecule has 2 heterocycles. The largest absolute Gasteiger partial charge is 0.394 e. The summed E-state index contributed by atoms with van der Waals surface area (Å²) >= 11 is 0. The molecule has 2 aliphatic heterocycles. The maximum Gasteiger partial charge on any atom is 0.184 e. The van der Waals surface area contributed by atoms with Crippen LogP contribution in [0.25, 0.3) is 0 Å². The monoisotopic (exact) mass is 220 g/mol. The van der Waals surface area contributed by atoms with Crippen LogP contribution < -0.4 is 0 Å². The number of ether oxygens (including phenoxy) is 3. The lowest BCUT2D eigenvalue weighted by Gasteiger charge is -2.24. The SMILES string of the molecule is CC1(C)OC2C(O)OC(C(O)CO)C2O1. The van der Waals surface area contributed by atoms with Crippen LogP contribution >= 0.6 is 0 Å². The highest BCUT2D eigenvalue weighted by Crippen LogP contribution is 2.38. The van der Waals surface area contributed by atoms with Crippen molar-refractivity contribution in [1.82, 2.24) is 0 Å². The van der Waals surface area contributed by atoms with Crippen LogP contribution in [-0.4, -0.2) is 58.4 Å². The Kier molecular flexibility index (Phi) is 2.74. The van der Waals surface area contributed by atoms with Crippen molar-refractivity contribution in [1.29, 1.82) is 0 Å². The van der Waals surface area contributed by atoms with Gasteiger partial charge in [-0.25, -0.2) is 0 Å². The van der Waals surface area contributed by atoms with E-state index in [1.807, 2.05) is 0 Å². The molecule has 0 spiro atoms. The standard InChI is InChI=1S/C9H16O6/c1-9(2)14-6-5(4(11)3-10)13-8(12)7(6)15-9/h4-8,10-12H,3H2,1-2H3. The predicted molar refractivity (Wildman–Crippen MR) is 47.8 cm³/mol. The molecule has 0 aromatic carbocycles. The highest BCUT2D eigenvalue weighted by molar-refractivity contribution is 4.97. The van der Waals surface area contributed by atoms with Gasteiger partial charge in [-0.1, -0.05) is 0 Å². The van der Waals surface area contributed by atoms with Crippen LogP contribution in [0.3, 0.4) is 0 Å². The van der Waals surface area contributed by atoms with Gasteiger partial charge in [-0.05, 0) is 13.8 Å². The van der Waals surface area contributed by atoms with Crippen LogP contribution in [-0.2, 0) is 14.2 Å². The molecule has 88 valence electrons. The third-order valence-corrected chi connectivity index (χ3v) is 2.63. The molecule has 0 bridgehead atoms. The Morgan fingerprint density at radius 2 is 1.87 bits per heavy atom. The summed E-state index contributed by atoms with van der Waals surface area (Å²) in [4.78, 5) is 0. The number of aliphatic hydroxyl groups is 3. The zero-order valence-electron chi connectivity index (χ0n) is 8.66. The second-order valence-electron chi connectivity index (χ2n) is 4.31. The normalized spacial score (nSPS) is 45.4. The van der Waals surface area contributed by atoms with Crippen molar-refractivity contribution in [3.05, 3.63) is 0 Å². The molecule has 0 aliphatic carbocycles. The average Bonchev–Trinajstić information content (AvgIpc) is 2.61. The van der Waals surface area contributed by atoms with E-state index in [4.69, 9.17) is 19.3 Å². The maximum atomic E-state index is 9.53. The van der Waals surface area contributed by atoms with Crippen molar-refractivity contribution in [3.8, 4) is 0 Å².